The Kier molecular flexibility index (Phi) is 4.95. The second-order valence-electron chi connectivity index (χ2n) is 5.08. The molecule has 2 rings (SSSR count). The Balaban J connectivity index is 1.94. The molecule has 1 amide bonds. The van der Waals surface area contributed by atoms with E-state index in [0.717, 1.165) is 12.1 Å². The monoisotopic (exact) mass is 281 g/mol. The van der Waals surface area contributed by atoms with Crippen molar-refractivity contribution in [3.8, 4) is 5.75 Å². The fourth-order valence-electron chi connectivity index (χ4n) is 2.58. The lowest BCUT2D eigenvalue weighted by molar-refractivity contribution is -0.128. The topological polar surface area (TPSA) is 38.8 Å². The van der Waals surface area contributed by atoms with E-state index in [0.29, 0.717) is 26.0 Å². The summed E-state index contributed by atoms with van der Waals surface area (Å²) in [6, 6.07) is 4.97. The number of methoxy groups -OCH3 is 2. The quantitative estimate of drug-likeness (QED) is 0.799. The lowest BCUT2D eigenvalue weighted by Crippen LogP contribution is -2.28. The summed E-state index contributed by atoms with van der Waals surface area (Å²) in [5.74, 6) is 0.289. The SMILES string of the molecule is COCCN1C[C@@H](Cc2ccc(OC)c(F)c2)CC1=O. The predicted octanol–water partition coefficient (Wildman–Crippen LogP) is 1.87. The third-order valence-corrected chi connectivity index (χ3v) is 3.60. The molecule has 4 nitrogen and oxygen atoms in total. The third kappa shape index (κ3) is 3.48. The molecule has 1 aromatic carbocycles. The fraction of sp³-hybridized carbons (Fsp3) is 0.533. The van der Waals surface area contributed by atoms with Gasteiger partial charge in [0.1, 0.15) is 0 Å². The van der Waals surface area contributed by atoms with Crippen molar-refractivity contribution in [2.75, 3.05) is 33.9 Å². The van der Waals surface area contributed by atoms with E-state index in [2.05, 4.69) is 0 Å². The molecular weight excluding hydrogens is 261 g/mol. The van der Waals surface area contributed by atoms with E-state index in [-0.39, 0.29) is 23.4 Å². The van der Waals surface area contributed by atoms with E-state index in [9.17, 15) is 9.18 Å². The molecule has 0 spiro atoms. The van der Waals surface area contributed by atoms with Crippen molar-refractivity contribution in [1.29, 1.82) is 0 Å². The van der Waals surface area contributed by atoms with Crippen LogP contribution in [0.15, 0.2) is 18.2 Å². The summed E-state index contributed by atoms with van der Waals surface area (Å²) < 4.78 is 23.5. The summed E-state index contributed by atoms with van der Waals surface area (Å²) >= 11 is 0. The van der Waals surface area contributed by atoms with Gasteiger partial charge in [-0.25, -0.2) is 4.39 Å². The van der Waals surface area contributed by atoms with Crippen LogP contribution in [-0.4, -0.2) is 44.7 Å². The average Bonchev–Trinajstić information content (AvgIpc) is 2.76. The molecular formula is C15H20FNO3. The Morgan fingerprint density at radius 1 is 1.40 bits per heavy atom. The van der Waals surface area contributed by atoms with Crippen LogP contribution in [-0.2, 0) is 16.0 Å². The highest BCUT2D eigenvalue weighted by Crippen LogP contribution is 2.24. The number of rotatable bonds is 6. The number of hydrogen-bond donors (Lipinski definition) is 0. The van der Waals surface area contributed by atoms with Gasteiger partial charge in [-0.1, -0.05) is 6.07 Å². The summed E-state index contributed by atoms with van der Waals surface area (Å²) in [6.07, 6.45) is 1.23. The summed E-state index contributed by atoms with van der Waals surface area (Å²) in [7, 11) is 3.07. The Bertz CT molecular complexity index is 478. The van der Waals surface area contributed by atoms with Gasteiger partial charge in [-0.15, -0.1) is 0 Å². The van der Waals surface area contributed by atoms with Crippen molar-refractivity contribution in [3.05, 3.63) is 29.6 Å². The minimum absolute atomic E-state index is 0.154. The Morgan fingerprint density at radius 2 is 2.20 bits per heavy atom. The van der Waals surface area contributed by atoms with Crippen LogP contribution in [0.2, 0.25) is 0 Å². The van der Waals surface area contributed by atoms with Crippen molar-refractivity contribution in [2.24, 2.45) is 5.92 Å². The summed E-state index contributed by atoms with van der Waals surface area (Å²) in [4.78, 5) is 13.6. The Labute approximate surface area is 118 Å². The minimum Gasteiger partial charge on any atom is -0.494 e. The number of halogens is 1. The van der Waals surface area contributed by atoms with Gasteiger partial charge < -0.3 is 14.4 Å². The van der Waals surface area contributed by atoms with Gasteiger partial charge in [0.2, 0.25) is 5.91 Å². The van der Waals surface area contributed by atoms with Crippen LogP contribution in [0.25, 0.3) is 0 Å². The molecule has 1 aliphatic heterocycles. The Morgan fingerprint density at radius 3 is 2.85 bits per heavy atom. The molecule has 0 radical (unpaired) electrons. The van der Waals surface area contributed by atoms with Crippen LogP contribution < -0.4 is 4.74 Å². The van der Waals surface area contributed by atoms with Crippen LogP contribution in [0.4, 0.5) is 4.39 Å². The predicted molar refractivity (Wildman–Crippen MR) is 73.2 cm³/mol. The maximum Gasteiger partial charge on any atom is 0.223 e. The molecule has 0 saturated carbocycles. The van der Waals surface area contributed by atoms with Crippen LogP contribution in [0.3, 0.4) is 0 Å². The van der Waals surface area contributed by atoms with Gasteiger partial charge in [0.15, 0.2) is 11.6 Å². The van der Waals surface area contributed by atoms with Gasteiger partial charge in [-0.05, 0) is 30.0 Å². The van der Waals surface area contributed by atoms with E-state index in [1.54, 1.807) is 13.2 Å². The highest BCUT2D eigenvalue weighted by molar-refractivity contribution is 5.78. The van der Waals surface area contributed by atoms with E-state index < -0.39 is 0 Å². The number of carbonyl (C=O) groups excluding carboxylic acids is 1. The van der Waals surface area contributed by atoms with E-state index >= 15 is 0 Å². The van der Waals surface area contributed by atoms with E-state index in [1.165, 1.54) is 13.2 Å². The maximum atomic E-state index is 13.6. The molecule has 0 N–H and O–H groups in total. The first-order chi connectivity index (χ1) is 9.63. The zero-order valence-electron chi connectivity index (χ0n) is 11.9. The van der Waals surface area contributed by atoms with Crippen molar-refractivity contribution < 1.29 is 18.7 Å². The molecule has 110 valence electrons. The molecule has 20 heavy (non-hydrogen) atoms. The van der Waals surface area contributed by atoms with Gasteiger partial charge in [0, 0.05) is 26.6 Å². The molecule has 1 fully saturated rings. The molecule has 1 atom stereocenters. The number of carbonyl (C=O) groups is 1. The van der Waals surface area contributed by atoms with Gasteiger partial charge in [0.05, 0.1) is 13.7 Å². The lowest BCUT2D eigenvalue weighted by Gasteiger charge is -2.16. The standard InChI is InChI=1S/C15H20FNO3/c1-19-6-5-17-10-12(9-15(17)18)7-11-3-4-14(20-2)13(16)8-11/h3-4,8,12H,5-7,9-10H2,1-2H3/t12-/m0/s1. The van der Waals surface area contributed by atoms with Crippen LogP contribution >= 0.6 is 0 Å². The largest absolute Gasteiger partial charge is 0.494 e. The summed E-state index contributed by atoms with van der Waals surface area (Å²) in [6.45, 7) is 1.90. The molecule has 1 aromatic rings. The molecule has 0 aliphatic carbocycles. The maximum absolute atomic E-state index is 13.6. The normalized spacial score (nSPS) is 18.6. The van der Waals surface area contributed by atoms with Gasteiger partial charge >= 0.3 is 0 Å². The number of likely N-dealkylation sites (tertiary alicyclic amines) is 1. The molecule has 0 unspecified atom stereocenters. The number of benzene rings is 1. The first-order valence-corrected chi connectivity index (χ1v) is 6.73. The fourth-order valence-corrected chi connectivity index (χ4v) is 2.58. The van der Waals surface area contributed by atoms with Crippen LogP contribution in [0, 0.1) is 11.7 Å². The van der Waals surface area contributed by atoms with Crippen molar-refractivity contribution in [3.63, 3.8) is 0 Å². The summed E-state index contributed by atoms with van der Waals surface area (Å²) in [5.41, 5.74) is 0.898. The molecule has 1 aliphatic rings. The van der Waals surface area contributed by atoms with Crippen molar-refractivity contribution in [2.45, 2.75) is 12.8 Å². The number of nitrogens with zero attached hydrogens (tertiary/aromatic N) is 1. The van der Waals surface area contributed by atoms with Crippen molar-refractivity contribution in [1.82, 2.24) is 4.90 Å². The van der Waals surface area contributed by atoms with Crippen LogP contribution in [0.1, 0.15) is 12.0 Å². The highest BCUT2D eigenvalue weighted by Gasteiger charge is 2.29. The number of hydrogen-bond acceptors (Lipinski definition) is 3. The minimum atomic E-state index is -0.356. The van der Waals surface area contributed by atoms with E-state index in [1.807, 2.05) is 11.0 Å². The lowest BCUT2D eigenvalue weighted by atomic mass is 9.98. The third-order valence-electron chi connectivity index (χ3n) is 3.60. The summed E-state index contributed by atoms with van der Waals surface area (Å²) in [5, 5.41) is 0. The van der Waals surface area contributed by atoms with Crippen LogP contribution in [0.5, 0.6) is 5.75 Å². The molecule has 0 aromatic heterocycles. The van der Waals surface area contributed by atoms with Gasteiger partial charge in [-0.2, -0.15) is 0 Å². The second kappa shape index (κ2) is 6.70. The Hall–Kier alpha value is -1.62. The first-order valence-electron chi connectivity index (χ1n) is 6.73. The second-order valence-corrected chi connectivity index (χ2v) is 5.08. The van der Waals surface area contributed by atoms with Gasteiger partial charge in [0.25, 0.3) is 0 Å². The molecule has 0 bridgehead atoms. The molecule has 1 saturated heterocycles. The number of ether oxygens (including phenoxy) is 2. The smallest absolute Gasteiger partial charge is 0.223 e. The average molecular weight is 281 g/mol. The van der Waals surface area contributed by atoms with Gasteiger partial charge in [-0.3, -0.25) is 4.79 Å². The highest BCUT2D eigenvalue weighted by atomic mass is 19.1. The molecule has 5 heteroatoms. The zero-order chi connectivity index (χ0) is 14.5. The number of amides is 1. The van der Waals surface area contributed by atoms with E-state index in [4.69, 9.17) is 9.47 Å². The van der Waals surface area contributed by atoms with Crippen molar-refractivity contribution >= 4 is 5.91 Å². The first kappa shape index (κ1) is 14.8. The zero-order valence-corrected chi connectivity index (χ0v) is 11.9. The molecule has 1 heterocycles.